The molecule has 0 aliphatic rings. The largest absolute Gasteiger partial charge is 0.465 e. The molecule has 0 aliphatic heterocycles. The number of aromatic amines is 2. The molecule has 0 spiro atoms. The van der Waals surface area contributed by atoms with Gasteiger partial charge in [0, 0.05) is 37.1 Å². The minimum atomic E-state index is -0.345. The van der Waals surface area contributed by atoms with Crippen LogP contribution in [0.5, 0.6) is 0 Å². The number of esters is 1. The molecule has 2 aromatic heterocycles. The molecule has 0 fully saturated rings. The average molecular weight is 393 g/mol. The van der Waals surface area contributed by atoms with Crippen molar-refractivity contribution in [2.75, 3.05) is 7.11 Å². The molecule has 0 bridgehead atoms. The lowest BCUT2D eigenvalue weighted by Crippen LogP contribution is -2.02. The number of halogens is 1. The highest BCUT2D eigenvalue weighted by atomic mass is 79.9. The first-order chi connectivity index (χ1) is 12.2. The summed E-state index contributed by atoms with van der Waals surface area (Å²) in [5, 5.41) is 4.18. The quantitative estimate of drug-likeness (QED) is 0.369. The molecule has 25 heavy (non-hydrogen) atoms. The lowest BCUT2D eigenvalue weighted by atomic mass is 10.0. The minimum absolute atomic E-state index is 0.345. The highest BCUT2D eigenvalue weighted by Gasteiger charge is 2.20. The fourth-order valence-corrected chi connectivity index (χ4v) is 3.99. The minimum Gasteiger partial charge on any atom is -0.465 e. The fraction of sp³-hybridized carbons (Fsp3) is 0.0500. The first kappa shape index (κ1) is 14.5. The third-order valence-electron chi connectivity index (χ3n) is 4.72. The molecule has 2 heterocycles. The van der Waals surface area contributed by atoms with Crippen molar-refractivity contribution in [2.45, 2.75) is 0 Å². The lowest BCUT2D eigenvalue weighted by molar-refractivity contribution is 0.0603. The fourth-order valence-electron chi connectivity index (χ4n) is 3.62. The van der Waals surface area contributed by atoms with Crippen LogP contribution in [0, 0.1) is 0 Å². The Morgan fingerprint density at radius 2 is 1.68 bits per heavy atom. The van der Waals surface area contributed by atoms with Gasteiger partial charge in [-0.05, 0) is 30.3 Å². The zero-order valence-corrected chi connectivity index (χ0v) is 14.9. The summed E-state index contributed by atoms with van der Waals surface area (Å²) in [6.45, 7) is 0. The van der Waals surface area contributed by atoms with E-state index in [-0.39, 0.29) is 5.97 Å². The van der Waals surface area contributed by atoms with Crippen molar-refractivity contribution in [1.29, 1.82) is 0 Å². The second-order valence-electron chi connectivity index (χ2n) is 6.07. The van der Waals surface area contributed by atoms with Gasteiger partial charge in [0.2, 0.25) is 0 Å². The third kappa shape index (κ3) is 1.96. The number of para-hydroxylation sites is 1. The van der Waals surface area contributed by atoms with E-state index in [0.29, 0.717) is 5.56 Å². The number of carbonyl (C=O) groups excluding carboxylic acids is 1. The van der Waals surface area contributed by atoms with Gasteiger partial charge in [-0.15, -0.1) is 0 Å². The zero-order chi connectivity index (χ0) is 17.1. The van der Waals surface area contributed by atoms with Gasteiger partial charge in [-0.2, -0.15) is 0 Å². The van der Waals surface area contributed by atoms with Crippen molar-refractivity contribution in [3.8, 4) is 0 Å². The maximum atomic E-state index is 12.4. The molecule has 0 unspecified atom stereocenters. The van der Waals surface area contributed by atoms with Crippen molar-refractivity contribution in [3.05, 3.63) is 58.6 Å². The number of fused-ring (bicyclic) bond motifs is 7. The lowest BCUT2D eigenvalue weighted by Gasteiger charge is -2.03. The van der Waals surface area contributed by atoms with E-state index in [1.165, 1.54) is 7.11 Å². The van der Waals surface area contributed by atoms with E-state index in [4.69, 9.17) is 4.74 Å². The first-order valence-electron chi connectivity index (χ1n) is 7.90. The number of methoxy groups -OCH3 is 1. The van der Waals surface area contributed by atoms with Gasteiger partial charge >= 0.3 is 5.97 Å². The molecule has 0 saturated carbocycles. The van der Waals surface area contributed by atoms with E-state index in [0.717, 1.165) is 48.1 Å². The smallest absolute Gasteiger partial charge is 0.340 e. The number of H-pyrrole nitrogens is 2. The molecule has 0 saturated heterocycles. The number of rotatable bonds is 1. The van der Waals surface area contributed by atoms with Gasteiger partial charge in [0.15, 0.2) is 0 Å². The van der Waals surface area contributed by atoms with Crippen LogP contribution in [0.4, 0.5) is 0 Å². The van der Waals surface area contributed by atoms with Gasteiger partial charge in [-0.3, -0.25) is 0 Å². The number of nitrogens with one attached hydrogen (secondary N) is 2. The van der Waals surface area contributed by atoms with Crippen LogP contribution in [0.2, 0.25) is 0 Å². The van der Waals surface area contributed by atoms with Gasteiger partial charge in [-0.25, -0.2) is 4.79 Å². The number of benzene rings is 3. The summed E-state index contributed by atoms with van der Waals surface area (Å²) in [6, 6.07) is 16.1. The van der Waals surface area contributed by atoms with Gasteiger partial charge in [0.05, 0.1) is 23.7 Å². The molecule has 0 amide bonds. The predicted molar refractivity (Wildman–Crippen MR) is 104 cm³/mol. The van der Waals surface area contributed by atoms with E-state index in [1.807, 2.05) is 36.4 Å². The van der Waals surface area contributed by atoms with Crippen LogP contribution in [-0.2, 0) is 4.74 Å². The highest BCUT2D eigenvalue weighted by molar-refractivity contribution is 9.10. The van der Waals surface area contributed by atoms with Crippen LogP contribution in [-0.4, -0.2) is 23.0 Å². The van der Waals surface area contributed by atoms with E-state index in [9.17, 15) is 4.79 Å². The topological polar surface area (TPSA) is 57.9 Å². The summed E-state index contributed by atoms with van der Waals surface area (Å²) < 4.78 is 6.02. The normalized spacial score (nSPS) is 11.8. The van der Waals surface area contributed by atoms with Crippen LogP contribution in [0.3, 0.4) is 0 Å². The van der Waals surface area contributed by atoms with E-state index in [2.05, 4.69) is 38.0 Å². The van der Waals surface area contributed by atoms with E-state index >= 15 is 0 Å². The summed E-state index contributed by atoms with van der Waals surface area (Å²) in [5.41, 5.74) is 4.38. The Morgan fingerprint density at radius 3 is 2.52 bits per heavy atom. The maximum absolute atomic E-state index is 12.4. The summed E-state index contributed by atoms with van der Waals surface area (Å²) in [4.78, 5) is 19.3. The first-order valence-corrected chi connectivity index (χ1v) is 8.69. The molecule has 0 aliphatic carbocycles. The summed E-state index contributed by atoms with van der Waals surface area (Å²) in [6.07, 6.45) is 0. The Labute approximate surface area is 150 Å². The standard InChI is InChI=1S/C20H13BrN2O2/c1-25-20(24)14-9-12-11-4-2-3-5-15(11)22-18(12)17-13-8-10(21)6-7-16(13)23-19(14)17/h2-9,22-23H,1H3. The Balaban J connectivity index is 2.10. The van der Waals surface area contributed by atoms with Gasteiger partial charge in [0.25, 0.3) is 0 Å². The molecule has 122 valence electrons. The number of aromatic nitrogens is 2. The second kappa shape index (κ2) is 5.10. The molecule has 0 atom stereocenters. The Bertz CT molecular complexity index is 1310. The van der Waals surface area contributed by atoms with Gasteiger partial charge in [0.1, 0.15) is 0 Å². The molecular weight excluding hydrogens is 380 g/mol. The highest BCUT2D eigenvalue weighted by Crippen LogP contribution is 2.38. The number of carbonyl (C=O) groups is 1. The summed E-state index contributed by atoms with van der Waals surface area (Å²) in [5.74, 6) is -0.345. The SMILES string of the molecule is COC(=O)c1cc2c3ccccc3[nH]c2c2c1[nH]c1ccc(Br)cc12. The summed E-state index contributed by atoms with van der Waals surface area (Å²) >= 11 is 3.55. The van der Waals surface area contributed by atoms with Crippen molar-refractivity contribution in [2.24, 2.45) is 0 Å². The van der Waals surface area contributed by atoms with Crippen molar-refractivity contribution in [3.63, 3.8) is 0 Å². The number of ether oxygens (including phenoxy) is 1. The van der Waals surface area contributed by atoms with Crippen molar-refractivity contribution >= 4 is 65.5 Å². The molecule has 5 aromatic rings. The van der Waals surface area contributed by atoms with E-state index in [1.54, 1.807) is 0 Å². The molecular formula is C20H13BrN2O2. The van der Waals surface area contributed by atoms with E-state index < -0.39 is 0 Å². The van der Waals surface area contributed by atoms with Crippen molar-refractivity contribution < 1.29 is 9.53 Å². The molecule has 3 aromatic carbocycles. The van der Waals surface area contributed by atoms with Crippen molar-refractivity contribution in [1.82, 2.24) is 9.97 Å². The summed E-state index contributed by atoms with van der Waals surface area (Å²) in [7, 11) is 1.41. The van der Waals surface area contributed by atoms with Crippen LogP contribution < -0.4 is 0 Å². The predicted octanol–water partition coefficient (Wildman–Crippen LogP) is 5.50. The molecule has 5 rings (SSSR count). The van der Waals surface area contributed by atoms with Gasteiger partial charge in [-0.1, -0.05) is 34.1 Å². The number of hydrogen-bond donors (Lipinski definition) is 2. The van der Waals surface area contributed by atoms with Crippen LogP contribution >= 0.6 is 15.9 Å². The number of hydrogen-bond acceptors (Lipinski definition) is 2. The average Bonchev–Trinajstić information content (AvgIpc) is 3.18. The second-order valence-corrected chi connectivity index (χ2v) is 6.99. The Morgan fingerprint density at radius 1 is 0.920 bits per heavy atom. The zero-order valence-electron chi connectivity index (χ0n) is 13.3. The molecule has 0 radical (unpaired) electrons. The third-order valence-corrected chi connectivity index (χ3v) is 5.21. The monoisotopic (exact) mass is 392 g/mol. The molecule has 4 nitrogen and oxygen atoms in total. The van der Waals surface area contributed by atoms with Crippen LogP contribution in [0.25, 0.3) is 43.6 Å². The Hall–Kier alpha value is -2.79. The maximum Gasteiger partial charge on any atom is 0.340 e. The molecule has 5 heteroatoms. The van der Waals surface area contributed by atoms with Gasteiger partial charge < -0.3 is 14.7 Å². The molecule has 2 N–H and O–H groups in total. The Kier molecular flexibility index (Phi) is 2.97. The van der Waals surface area contributed by atoms with Crippen LogP contribution in [0.15, 0.2) is 53.0 Å². The van der Waals surface area contributed by atoms with Crippen LogP contribution in [0.1, 0.15) is 10.4 Å².